The van der Waals surface area contributed by atoms with E-state index in [0.717, 1.165) is 22.4 Å². The standard InChI is InChI=1S/C20H26N2O4S/c1-4-26-20(24)18-17(15-9-6-5-7-10-15)14(2)27-19(18)22-16(23)13-21-11-8-12-25-3/h5-7,9-10,21H,4,8,11-13H2,1-3H3,(H,22,23). The summed E-state index contributed by atoms with van der Waals surface area (Å²) in [5.74, 6) is -0.622. The van der Waals surface area contributed by atoms with E-state index in [1.54, 1.807) is 14.0 Å². The van der Waals surface area contributed by atoms with Gasteiger partial charge < -0.3 is 20.1 Å². The Bertz CT molecular complexity index is 759. The zero-order valence-corrected chi connectivity index (χ0v) is 16.8. The summed E-state index contributed by atoms with van der Waals surface area (Å²) in [5.41, 5.74) is 2.15. The van der Waals surface area contributed by atoms with E-state index < -0.39 is 5.97 Å². The zero-order chi connectivity index (χ0) is 19.6. The Kier molecular flexibility index (Phi) is 8.44. The van der Waals surface area contributed by atoms with Gasteiger partial charge in [-0.2, -0.15) is 0 Å². The number of hydrogen-bond donors (Lipinski definition) is 2. The maximum Gasteiger partial charge on any atom is 0.341 e. The van der Waals surface area contributed by atoms with Gasteiger partial charge >= 0.3 is 5.97 Å². The minimum absolute atomic E-state index is 0.170. The van der Waals surface area contributed by atoms with Crippen molar-refractivity contribution in [3.63, 3.8) is 0 Å². The number of thiophene rings is 1. The number of rotatable bonds is 10. The number of nitrogens with one attached hydrogen (secondary N) is 2. The zero-order valence-electron chi connectivity index (χ0n) is 16.0. The highest BCUT2D eigenvalue weighted by atomic mass is 32.1. The smallest absolute Gasteiger partial charge is 0.341 e. The Labute approximate surface area is 163 Å². The molecule has 2 rings (SSSR count). The predicted molar refractivity (Wildman–Crippen MR) is 108 cm³/mol. The molecule has 0 unspecified atom stereocenters. The number of methoxy groups -OCH3 is 1. The fraction of sp³-hybridized carbons (Fsp3) is 0.400. The van der Waals surface area contributed by atoms with E-state index in [2.05, 4.69) is 10.6 Å². The van der Waals surface area contributed by atoms with Gasteiger partial charge in [0, 0.05) is 24.2 Å². The lowest BCUT2D eigenvalue weighted by Crippen LogP contribution is -2.29. The summed E-state index contributed by atoms with van der Waals surface area (Å²) < 4.78 is 10.2. The highest BCUT2D eigenvalue weighted by Gasteiger charge is 2.25. The van der Waals surface area contributed by atoms with Crippen LogP contribution in [0.15, 0.2) is 30.3 Å². The van der Waals surface area contributed by atoms with Crippen LogP contribution < -0.4 is 10.6 Å². The molecule has 0 spiro atoms. The lowest BCUT2D eigenvalue weighted by molar-refractivity contribution is -0.115. The minimum Gasteiger partial charge on any atom is -0.462 e. The number of carbonyl (C=O) groups excluding carboxylic acids is 2. The first-order valence-corrected chi connectivity index (χ1v) is 9.75. The average molecular weight is 391 g/mol. The van der Waals surface area contributed by atoms with E-state index in [1.807, 2.05) is 37.3 Å². The molecule has 7 heteroatoms. The molecule has 1 aromatic carbocycles. The summed E-state index contributed by atoms with van der Waals surface area (Å²) >= 11 is 1.39. The third-order valence-electron chi connectivity index (χ3n) is 3.87. The van der Waals surface area contributed by atoms with E-state index in [0.29, 0.717) is 23.7 Å². The van der Waals surface area contributed by atoms with Crippen molar-refractivity contribution in [3.05, 3.63) is 40.8 Å². The van der Waals surface area contributed by atoms with E-state index in [4.69, 9.17) is 9.47 Å². The van der Waals surface area contributed by atoms with Crippen LogP contribution in [0.4, 0.5) is 5.00 Å². The van der Waals surface area contributed by atoms with Crippen LogP contribution in [0.1, 0.15) is 28.6 Å². The minimum atomic E-state index is -0.427. The number of esters is 1. The molecule has 1 amide bonds. The number of benzene rings is 1. The quantitative estimate of drug-likeness (QED) is 0.480. The van der Waals surface area contributed by atoms with Gasteiger partial charge in [-0.05, 0) is 32.4 Å². The number of aryl methyl sites for hydroxylation is 1. The largest absolute Gasteiger partial charge is 0.462 e. The molecule has 0 bridgehead atoms. The molecule has 0 aliphatic heterocycles. The third-order valence-corrected chi connectivity index (χ3v) is 4.89. The monoisotopic (exact) mass is 390 g/mol. The molecule has 0 saturated heterocycles. The molecule has 1 aromatic heterocycles. The fourth-order valence-corrected chi connectivity index (χ4v) is 3.78. The van der Waals surface area contributed by atoms with Gasteiger partial charge in [0.1, 0.15) is 10.6 Å². The molecule has 2 aromatic rings. The van der Waals surface area contributed by atoms with Crippen LogP contribution in [0.5, 0.6) is 0 Å². The highest BCUT2D eigenvalue weighted by Crippen LogP contribution is 2.40. The van der Waals surface area contributed by atoms with Gasteiger partial charge in [0.15, 0.2) is 0 Å². The Morgan fingerprint density at radius 1 is 1.19 bits per heavy atom. The average Bonchev–Trinajstić information content (AvgIpc) is 2.98. The number of hydrogen-bond acceptors (Lipinski definition) is 6. The Morgan fingerprint density at radius 3 is 2.59 bits per heavy atom. The van der Waals surface area contributed by atoms with E-state index in [1.165, 1.54) is 11.3 Å². The highest BCUT2D eigenvalue weighted by molar-refractivity contribution is 7.17. The molecule has 0 radical (unpaired) electrons. The molecule has 146 valence electrons. The summed E-state index contributed by atoms with van der Waals surface area (Å²) in [5, 5.41) is 6.44. The Balaban J connectivity index is 2.20. The Morgan fingerprint density at radius 2 is 1.93 bits per heavy atom. The first kappa shape index (κ1) is 21.1. The van der Waals surface area contributed by atoms with Crippen LogP contribution in [0.2, 0.25) is 0 Å². The molecule has 0 aliphatic rings. The molecule has 27 heavy (non-hydrogen) atoms. The van der Waals surface area contributed by atoms with Crippen LogP contribution in [0.3, 0.4) is 0 Å². The SMILES string of the molecule is CCOC(=O)c1c(NC(=O)CNCCCOC)sc(C)c1-c1ccccc1. The third kappa shape index (κ3) is 5.89. The van der Waals surface area contributed by atoms with E-state index >= 15 is 0 Å². The number of carbonyl (C=O) groups is 2. The van der Waals surface area contributed by atoms with Crippen molar-refractivity contribution < 1.29 is 19.1 Å². The maximum atomic E-state index is 12.6. The lowest BCUT2D eigenvalue weighted by Gasteiger charge is -2.09. The van der Waals surface area contributed by atoms with Crippen LogP contribution in [-0.2, 0) is 14.3 Å². The molecule has 0 atom stereocenters. The summed E-state index contributed by atoms with van der Waals surface area (Å²) in [4.78, 5) is 25.8. The van der Waals surface area contributed by atoms with Gasteiger partial charge in [-0.25, -0.2) is 4.79 Å². The summed E-state index contributed by atoms with van der Waals surface area (Å²) in [6.45, 7) is 5.48. The number of amides is 1. The molecular formula is C20H26N2O4S. The van der Waals surface area contributed by atoms with Gasteiger partial charge in [0.2, 0.25) is 5.91 Å². The summed E-state index contributed by atoms with van der Waals surface area (Å²) in [6, 6.07) is 9.65. The van der Waals surface area contributed by atoms with Crippen molar-refractivity contribution in [2.75, 3.05) is 38.7 Å². The van der Waals surface area contributed by atoms with Gasteiger partial charge in [-0.1, -0.05) is 30.3 Å². The topological polar surface area (TPSA) is 76.7 Å². The van der Waals surface area contributed by atoms with Crippen LogP contribution in [0, 0.1) is 6.92 Å². The van der Waals surface area contributed by atoms with Crippen molar-refractivity contribution in [2.45, 2.75) is 20.3 Å². The van der Waals surface area contributed by atoms with Crippen LogP contribution in [-0.4, -0.2) is 45.3 Å². The van der Waals surface area contributed by atoms with Crippen molar-refractivity contribution in [3.8, 4) is 11.1 Å². The molecule has 0 saturated carbocycles. The van der Waals surface area contributed by atoms with Crippen LogP contribution in [0.25, 0.3) is 11.1 Å². The predicted octanol–water partition coefficient (Wildman–Crippen LogP) is 3.46. The second-order valence-electron chi connectivity index (χ2n) is 5.90. The van der Waals surface area contributed by atoms with E-state index in [-0.39, 0.29) is 19.1 Å². The first-order chi connectivity index (χ1) is 13.1. The normalized spacial score (nSPS) is 10.6. The summed E-state index contributed by atoms with van der Waals surface area (Å²) in [6.07, 6.45) is 0.828. The van der Waals surface area contributed by atoms with Crippen LogP contribution >= 0.6 is 11.3 Å². The van der Waals surface area contributed by atoms with Crippen molar-refractivity contribution in [1.82, 2.24) is 5.32 Å². The molecule has 6 nitrogen and oxygen atoms in total. The number of ether oxygens (including phenoxy) is 2. The van der Waals surface area contributed by atoms with Gasteiger partial charge in [-0.3, -0.25) is 4.79 Å². The van der Waals surface area contributed by atoms with Gasteiger partial charge in [0.05, 0.1) is 13.2 Å². The van der Waals surface area contributed by atoms with E-state index in [9.17, 15) is 9.59 Å². The molecule has 0 fully saturated rings. The number of anilines is 1. The fourth-order valence-electron chi connectivity index (χ4n) is 2.70. The van der Waals surface area contributed by atoms with Gasteiger partial charge in [-0.15, -0.1) is 11.3 Å². The van der Waals surface area contributed by atoms with Gasteiger partial charge in [0.25, 0.3) is 0 Å². The maximum absolute atomic E-state index is 12.6. The second-order valence-corrected chi connectivity index (χ2v) is 7.12. The molecule has 0 aliphatic carbocycles. The molecular weight excluding hydrogens is 364 g/mol. The Hall–Kier alpha value is -2.22. The van der Waals surface area contributed by atoms with Crippen molar-refractivity contribution >= 4 is 28.2 Å². The van der Waals surface area contributed by atoms with Crippen molar-refractivity contribution in [2.24, 2.45) is 0 Å². The second kappa shape index (κ2) is 10.8. The first-order valence-electron chi connectivity index (χ1n) is 8.93. The lowest BCUT2D eigenvalue weighted by atomic mass is 10.0. The molecule has 2 N–H and O–H groups in total. The summed E-state index contributed by atoms with van der Waals surface area (Å²) in [7, 11) is 1.65. The van der Waals surface area contributed by atoms with Crippen molar-refractivity contribution in [1.29, 1.82) is 0 Å². The molecule has 1 heterocycles.